The third-order valence-electron chi connectivity index (χ3n) is 3.53. The Morgan fingerprint density at radius 3 is 2.72 bits per heavy atom. The second-order valence-electron chi connectivity index (χ2n) is 5.27. The Bertz CT molecular complexity index is 970. The number of anilines is 1. The zero-order chi connectivity index (χ0) is 18.0. The minimum absolute atomic E-state index is 0.166. The van der Waals surface area contributed by atoms with Gasteiger partial charge in [0, 0.05) is 12.1 Å². The summed E-state index contributed by atoms with van der Waals surface area (Å²) in [7, 11) is 0. The molecule has 0 aliphatic carbocycles. The van der Waals surface area contributed by atoms with Crippen LogP contribution in [0.15, 0.2) is 52.6 Å². The highest BCUT2D eigenvalue weighted by Crippen LogP contribution is 2.22. The van der Waals surface area contributed by atoms with Crippen molar-refractivity contribution in [1.82, 2.24) is 9.78 Å². The lowest BCUT2D eigenvalue weighted by Crippen LogP contribution is -2.33. The van der Waals surface area contributed by atoms with Crippen LogP contribution < -0.4 is 10.9 Å². The number of thiophene rings is 1. The van der Waals surface area contributed by atoms with Crippen LogP contribution in [0.5, 0.6) is 0 Å². The standard InChI is InChI=1S/C17H13F2N3O2S/c1-10(17(24)20-13-5-4-11(18)9-12(13)19)22-16(23)7-6-14(21-22)15-3-2-8-25-15/h2-10H,1H3,(H,20,24). The fraction of sp³-hybridized carbons (Fsp3) is 0.118. The molecule has 0 radical (unpaired) electrons. The van der Waals surface area contributed by atoms with Crippen molar-refractivity contribution in [2.45, 2.75) is 13.0 Å². The molecule has 0 spiro atoms. The van der Waals surface area contributed by atoms with Crippen molar-refractivity contribution < 1.29 is 13.6 Å². The number of rotatable bonds is 4. The molecule has 0 aliphatic heterocycles. The average molecular weight is 361 g/mol. The number of amides is 1. The van der Waals surface area contributed by atoms with Gasteiger partial charge >= 0.3 is 0 Å². The van der Waals surface area contributed by atoms with Gasteiger partial charge in [0.1, 0.15) is 23.4 Å². The van der Waals surface area contributed by atoms with E-state index in [9.17, 15) is 18.4 Å². The number of benzene rings is 1. The number of carbonyl (C=O) groups excluding carboxylic acids is 1. The molecular formula is C17H13F2N3O2S. The molecule has 1 atom stereocenters. The summed E-state index contributed by atoms with van der Waals surface area (Å²) >= 11 is 1.45. The summed E-state index contributed by atoms with van der Waals surface area (Å²) < 4.78 is 27.6. The maximum absolute atomic E-state index is 13.7. The average Bonchev–Trinajstić information content (AvgIpc) is 3.11. The van der Waals surface area contributed by atoms with Gasteiger partial charge in [-0.25, -0.2) is 13.5 Å². The van der Waals surface area contributed by atoms with Crippen molar-refractivity contribution >= 4 is 22.9 Å². The third-order valence-corrected chi connectivity index (χ3v) is 4.43. The van der Waals surface area contributed by atoms with Crippen LogP contribution >= 0.6 is 11.3 Å². The van der Waals surface area contributed by atoms with E-state index in [1.165, 1.54) is 24.3 Å². The van der Waals surface area contributed by atoms with Crippen LogP contribution in [0, 0.1) is 11.6 Å². The maximum atomic E-state index is 13.7. The highest BCUT2D eigenvalue weighted by Gasteiger charge is 2.19. The molecule has 8 heteroatoms. The minimum atomic E-state index is -0.975. The van der Waals surface area contributed by atoms with Crippen LogP contribution in [0.25, 0.3) is 10.6 Å². The van der Waals surface area contributed by atoms with E-state index in [0.29, 0.717) is 11.8 Å². The van der Waals surface area contributed by atoms with Crippen LogP contribution in [0.3, 0.4) is 0 Å². The molecule has 2 heterocycles. The lowest BCUT2D eigenvalue weighted by Gasteiger charge is -2.15. The number of nitrogens with one attached hydrogen (secondary N) is 1. The van der Waals surface area contributed by atoms with Gasteiger partial charge in [-0.3, -0.25) is 9.59 Å². The van der Waals surface area contributed by atoms with E-state index >= 15 is 0 Å². The number of hydrogen-bond donors (Lipinski definition) is 1. The lowest BCUT2D eigenvalue weighted by atomic mass is 10.2. The van der Waals surface area contributed by atoms with Crippen LogP contribution in [0.4, 0.5) is 14.5 Å². The van der Waals surface area contributed by atoms with E-state index in [0.717, 1.165) is 21.7 Å². The quantitative estimate of drug-likeness (QED) is 0.774. The molecule has 3 aromatic rings. The highest BCUT2D eigenvalue weighted by molar-refractivity contribution is 7.13. The largest absolute Gasteiger partial charge is 0.322 e. The molecule has 0 bridgehead atoms. The Labute approximate surface area is 145 Å². The van der Waals surface area contributed by atoms with E-state index in [1.54, 1.807) is 6.07 Å². The van der Waals surface area contributed by atoms with Gasteiger partial charge in [0.2, 0.25) is 5.91 Å². The minimum Gasteiger partial charge on any atom is -0.322 e. The summed E-state index contributed by atoms with van der Waals surface area (Å²) in [6.45, 7) is 1.48. The molecule has 2 aromatic heterocycles. The first-order chi connectivity index (χ1) is 12.0. The molecule has 1 amide bonds. The monoisotopic (exact) mass is 361 g/mol. The van der Waals surface area contributed by atoms with Crippen molar-refractivity contribution in [2.24, 2.45) is 0 Å². The van der Waals surface area contributed by atoms with Gasteiger partial charge in [-0.05, 0) is 36.6 Å². The molecule has 1 unspecified atom stereocenters. The summed E-state index contributed by atoms with van der Waals surface area (Å²) in [6, 6.07) is 8.45. The molecule has 5 nitrogen and oxygen atoms in total. The van der Waals surface area contributed by atoms with Gasteiger partial charge in [-0.1, -0.05) is 6.07 Å². The van der Waals surface area contributed by atoms with Crippen molar-refractivity contribution in [1.29, 1.82) is 0 Å². The Hall–Kier alpha value is -2.87. The van der Waals surface area contributed by atoms with E-state index in [2.05, 4.69) is 10.4 Å². The molecule has 3 rings (SSSR count). The topological polar surface area (TPSA) is 64.0 Å². The Balaban J connectivity index is 1.87. The van der Waals surface area contributed by atoms with Crippen LogP contribution in [-0.4, -0.2) is 15.7 Å². The van der Waals surface area contributed by atoms with Gasteiger partial charge in [-0.2, -0.15) is 5.10 Å². The number of aromatic nitrogens is 2. The summed E-state index contributed by atoms with van der Waals surface area (Å²) in [5.74, 6) is -2.28. The highest BCUT2D eigenvalue weighted by atomic mass is 32.1. The van der Waals surface area contributed by atoms with Crippen molar-refractivity contribution in [2.75, 3.05) is 5.32 Å². The molecule has 25 heavy (non-hydrogen) atoms. The summed E-state index contributed by atoms with van der Waals surface area (Å²) in [6.07, 6.45) is 0. The Morgan fingerprint density at radius 1 is 1.24 bits per heavy atom. The molecule has 0 saturated carbocycles. The van der Waals surface area contributed by atoms with Gasteiger partial charge in [0.25, 0.3) is 5.56 Å². The number of nitrogens with zero attached hydrogens (tertiary/aromatic N) is 2. The first-order valence-electron chi connectivity index (χ1n) is 7.35. The maximum Gasteiger partial charge on any atom is 0.267 e. The Kier molecular flexibility index (Phi) is 4.71. The van der Waals surface area contributed by atoms with E-state index in [-0.39, 0.29) is 5.69 Å². The predicted molar refractivity (Wildman–Crippen MR) is 91.5 cm³/mol. The fourth-order valence-electron chi connectivity index (χ4n) is 2.20. The Morgan fingerprint density at radius 2 is 2.04 bits per heavy atom. The molecule has 0 saturated heterocycles. The summed E-state index contributed by atoms with van der Waals surface area (Å²) in [5.41, 5.74) is -0.0644. The molecule has 0 fully saturated rings. The third kappa shape index (κ3) is 3.63. The first kappa shape index (κ1) is 17.0. The molecular weight excluding hydrogens is 348 g/mol. The normalized spacial score (nSPS) is 12.0. The molecule has 128 valence electrons. The van der Waals surface area contributed by atoms with Gasteiger partial charge in [0.15, 0.2) is 0 Å². The summed E-state index contributed by atoms with van der Waals surface area (Å²) in [4.78, 5) is 25.2. The second kappa shape index (κ2) is 6.94. The van der Waals surface area contributed by atoms with Crippen molar-refractivity contribution in [3.8, 4) is 10.6 Å². The first-order valence-corrected chi connectivity index (χ1v) is 8.23. The summed E-state index contributed by atoms with van der Waals surface area (Å²) in [5, 5.41) is 8.43. The van der Waals surface area contributed by atoms with Crippen molar-refractivity contribution in [3.05, 3.63) is 69.8 Å². The predicted octanol–water partition coefficient (Wildman–Crippen LogP) is 3.45. The number of carbonyl (C=O) groups is 1. The zero-order valence-electron chi connectivity index (χ0n) is 13.1. The SMILES string of the molecule is CC(C(=O)Nc1ccc(F)cc1F)n1nc(-c2cccs2)ccc1=O. The van der Waals surface area contributed by atoms with Crippen LogP contribution in [0.2, 0.25) is 0 Å². The molecule has 0 aliphatic rings. The van der Waals surface area contributed by atoms with E-state index in [1.807, 2.05) is 17.5 Å². The molecule has 1 N–H and O–H groups in total. The number of hydrogen-bond acceptors (Lipinski definition) is 4. The molecule has 1 aromatic carbocycles. The van der Waals surface area contributed by atoms with Gasteiger partial charge < -0.3 is 5.32 Å². The van der Waals surface area contributed by atoms with E-state index in [4.69, 9.17) is 0 Å². The zero-order valence-corrected chi connectivity index (χ0v) is 13.9. The van der Waals surface area contributed by atoms with Gasteiger partial charge in [0.05, 0.1) is 10.6 Å². The van der Waals surface area contributed by atoms with Gasteiger partial charge in [-0.15, -0.1) is 11.3 Å². The van der Waals surface area contributed by atoms with Crippen LogP contribution in [0.1, 0.15) is 13.0 Å². The fourth-order valence-corrected chi connectivity index (χ4v) is 2.89. The number of halogens is 2. The van der Waals surface area contributed by atoms with E-state index < -0.39 is 29.1 Å². The smallest absolute Gasteiger partial charge is 0.267 e. The second-order valence-corrected chi connectivity index (χ2v) is 6.22. The lowest BCUT2D eigenvalue weighted by molar-refractivity contribution is -0.119. The van der Waals surface area contributed by atoms with Crippen LogP contribution in [-0.2, 0) is 4.79 Å². The van der Waals surface area contributed by atoms with Crippen molar-refractivity contribution in [3.63, 3.8) is 0 Å².